The minimum absolute atomic E-state index is 0.0620. The van der Waals surface area contributed by atoms with E-state index in [9.17, 15) is 9.50 Å². The molecule has 0 aliphatic carbocycles. The van der Waals surface area contributed by atoms with E-state index >= 15 is 0 Å². The van der Waals surface area contributed by atoms with Crippen molar-refractivity contribution in [1.29, 1.82) is 0 Å². The van der Waals surface area contributed by atoms with Gasteiger partial charge in [0.15, 0.2) is 11.6 Å². The van der Waals surface area contributed by atoms with Crippen LogP contribution in [0.2, 0.25) is 0 Å². The van der Waals surface area contributed by atoms with E-state index in [1.807, 2.05) is 0 Å². The van der Waals surface area contributed by atoms with Crippen molar-refractivity contribution in [3.05, 3.63) is 41.2 Å². The van der Waals surface area contributed by atoms with Gasteiger partial charge in [0.2, 0.25) is 0 Å². The molecule has 1 unspecified atom stereocenters. The van der Waals surface area contributed by atoms with E-state index in [1.165, 1.54) is 12.1 Å². The van der Waals surface area contributed by atoms with E-state index in [4.69, 9.17) is 16.3 Å². The predicted octanol–water partition coefficient (Wildman–Crippen LogP) is 3.01. The molecule has 0 aliphatic heterocycles. The third-order valence-electron chi connectivity index (χ3n) is 1.82. The number of aliphatic hydroxyl groups is 1. The zero-order valence-electron chi connectivity index (χ0n) is 8.34. The van der Waals surface area contributed by atoms with Crippen LogP contribution in [0.15, 0.2) is 29.8 Å². The van der Waals surface area contributed by atoms with Gasteiger partial charge in [-0.05, 0) is 24.6 Å². The highest BCUT2D eigenvalue weighted by Gasteiger charge is 2.07. The van der Waals surface area contributed by atoms with Crippen LogP contribution in [0.4, 0.5) is 4.39 Å². The summed E-state index contributed by atoms with van der Waals surface area (Å²) in [7, 11) is 0. The van der Waals surface area contributed by atoms with Crippen LogP contribution < -0.4 is 4.74 Å². The van der Waals surface area contributed by atoms with Crippen molar-refractivity contribution in [2.24, 2.45) is 0 Å². The monoisotopic (exact) mass is 230 g/mol. The largest absolute Gasteiger partial charge is 0.485 e. The average Bonchev–Trinajstić information content (AvgIpc) is 2.15. The molecular weight excluding hydrogens is 219 g/mol. The van der Waals surface area contributed by atoms with Gasteiger partial charge in [0.1, 0.15) is 6.61 Å². The minimum Gasteiger partial charge on any atom is -0.485 e. The molecule has 1 N–H and O–H groups in total. The van der Waals surface area contributed by atoms with E-state index in [-0.39, 0.29) is 12.4 Å². The van der Waals surface area contributed by atoms with Crippen molar-refractivity contribution >= 4 is 11.6 Å². The van der Waals surface area contributed by atoms with E-state index in [2.05, 4.69) is 6.58 Å². The highest BCUT2D eigenvalue weighted by molar-refractivity contribution is 6.29. The molecule has 0 saturated carbocycles. The maximum absolute atomic E-state index is 13.4. The first-order valence-corrected chi connectivity index (χ1v) is 4.82. The van der Waals surface area contributed by atoms with Gasteiger partial charge in [-0.25, -0.2) is 4.39 Å². The fraction of sp³-hybridized carbons (Fsp3) is 0.273. The molecule has 0 amide bonds. The Bertz CT molecular complexity index is 364. The highest BCUT2D eigenvalue weighted by Crippen LogP contribution is 2.22. The van der Waals surface area contributed by atoms with Crippen LogP contribution in [0.5, 0.6) is 5.75 Å². The lowest BCUT2D eigenvalue weighted by atomic mass is 10.1. The SMILES string of the molecule is C=C(Cl)COc1ccc(C(C)O)cc1F. The molecule has 2 nitrogen and oxygen atoms in total. The Balaban J connectivity index is 2.79. The molecule has 15 heavy (non-hydrogen) atoms. The number of halogens is 2. The van der Waals surface area contributed by atoms with E-state index < -0.39 is 11.9 Å². The predicted molar refractivity (Wildman–Crippen MR) is 57.5 cm³/mol. The molecule has 1 rings (SSSR count). The highest BCUT2D eigenvalue weighted by atomic mass is 35.5. The zero-order chi connectivity index (χ0) is 11.4. The van der Waals surface area contributed by atoms with Gasteiger partial charge in [0, 0.05) is 5.03 Å². The summed E-state index contributed by atoms with van der Waals surface area (Å²) in [5, 5.41) is 9.51. The number of hydrogen-bond acceptors (Lipinski definition) is 2. The number of rotatable bonds is 4. The summed E-state index contributed by atoms with van der Waals surface area (Å²) >= 11 is 5.48. The fourth-order valence-corrected chi connectivity index (χ4v) is 1.10. The standard InChI is InChI=1S/C11H12ClFO2/c1-7(12)6-15-11-4-3-9(8(2)14)5-10(11)13/h3-5,8,14H,1,6H2,2H3. The molecule has 0 bridgehead atoms. The van der Waals surface area contributed by atoms with Crippen LogP contribution in [0.25, 0.3) is 0 Å². The third-order valence-corrected chi connectivity index (χ3v) is 1.93. The second-order valence-corrected chi connectivity index (χ2v) is 3.71. The molecule has 0 fully saturated rings. The lowest BCUT2D eigenvalue weighted by molar-refractivity contribution is 0.198. The summed E-state index contributed by atoms with van der Waals surface area (Å²) in [5.41, 5.74) is 0.504. The van der Waals surface area contributed by atoms with Gasteiger partial charge < -0.3 is 9.84 Å². The molecule has 0 radical (unpaired) electrons. The van der Waals surface area contributed by atoms with Crippen molar-refractivity contribution < 1.29 is 14.2 Å². The molecule has 1 atom stereocenters. The Morgan fingerprint density at radius 1 is 1.67 bits per heavy atom. The van der Waals surface area contributed by atoms with Gasteiger partial charge >= 0.3 is 0 Å². The second kappa shape index (κ2) is 5.14. The number of benzene rings is 1. The summed E-state index contributed by atoms with van der Waals surface area (Å²) in [6, 6.07) is 4.29. The third kappa shape index (κ3) is 3.53. The van der Waals surface area contributed by atoms with Crippen LogP contribution in [-0.2, 0) is 0 Å². The molecule has 1 aromatic rings. The van der Waals surface area contributed by atoms with Gasteiger partial charge in [-0.1, -0.05) is 24.2 Å². The van der Waals surface area contributed by atoms with E-state index in [0.717, 1.165) is 0 Å². The van der Waals surface area contributed by atoms with Gasteiger partial charge in [-0.2, -0.15) is 0 Å². The smallest absolute Gasteiger partial charge is 0.165 e. The number of ether oxygens (including phenoxy) is 1. The topological polar surface area (TPSA) is 29.5 Å². The minimum atomic E-state index is -0.698. The second-order valence-electron chi connectivity index (χ2n) is 3.17. The summed E-state index contributed by atoms with van der Waals surface area (Å²) in [4.78, 5) is 0. The Hall–Kier alpha value is -1.06. The normalized spacial score (nSPS) is 12.3. The first-order chi connectivity index (χ1) is 7.00. The first kappa shape index (κ1) is 12.0. The Morgan fingerprint density at radius 3 is 2.80 bits per heavy atom. The van der Waals surface area contributed by atoms with Crippen LogP contribution in [0, 0.1) is 5.82 Å². The summed E-state index contributed by atoms with van der Waals surface area (Å²) in [6.45, 7) is 5.05. The number of hydrogen-bond donors (Lipinski definition) is 1. The van der Waals surface area contributed by atoms with Crippen LogP contribution >= 0.6 is 11.6 Å². The molecule has 82 valence electrons. The van der Waals surface area contributed by atoms with E-state index in [0.29, 0.717) is 10.6 Å². The summed E-state index contributed by atoms with van der Waals surface area (Å²) in [5.74, 6) is -0.424. The zero-order valence-corrected chi connectivity index (χ0v) is 9.09. The Kier molecular flexibility index (Phi) is 4.12. The summed E-state index contributed by atoms with van der Waals surface area (Å²) in [6.07, 6.45) is -0.698. The number of aliphatic hydroxyl groups excluding tert-OH is 1. The molecule has 0 aliphatic rings. The molecule has 1 aromatic carbocycles. The first-order valence-electron chi connectivity index (χ1n) is 4.44. The van der Waals surface area contributed by atoms with Crippen molar-refractivity contribution in [3.8, 4) is 5.75 Å². The van der Waals surface area contributed by atoms with Gasteiger partial charge in [0.25, 0.3) is 0 Å². The van der Waals surface area contributed by atoms with Crippen molar-refractivity contribution in [1.82, 2.24) is 0 Å². The molecular formula is C11H12ClFO2. The summed E-state index contributed by atoms with van der Waals surface area (Å²) < 4.78 is 18.4. The van der Waals surface area contributed by atoms with Crippen LogP contribution in [0.1, 0.15) is 18.6 Å². The van der Waals surface area contributed by atoms with Crippen LogP contribution in [-0.4, -0.2) is 11.7 Å². The maximum atomic E-state index is 13.4. The lowest BCUT2D eigenvalue weighted by Crippen LogP contribution is -2.00. The van der Waals surface area contributed by atoms with Gasteiger partial charge in [-0.3, -0.25) is 0 Å². The molecule has 0 heterocycles. The molecule has 0 saturated heterocycles. The molecule has 0 spiro atoms. The quantitative estimate of drug-likeness (QED) is 0.862. The van der Waals surface area contributed by atoms with Crippen molar-refractivity contribution in [2.45, 2.75) is 13.0 Å². The molecule has 4 heteroatoms. The van der Waals surface area contributed by atoms with Crippen molar-refractivity contribution in [2.75, 3.05) is 6.61 Å². The Labute approximate surface area is 92.9 Å². The average molecular weight is 231 g/mol. The molecule has 0 aromatic heterocycles. The van der Waals surface area contributed by atoms with Crippen molar-refractivity contribution in [3.63, 3.8) is 0 Å². The van der Waals surface area contributed by atoms with Crippen LogP contribution in [0.3, 0.4) is 0 Å². The fourth-order valence-electron chi connectivity index (χ4n) is 1.05. The Morgan fingerprint density at radius 2 is 2.33 bits per heavy atom. The van der Waals surface area contributed by atoms with E-state index in [1.54, 1.807) is 13.0 Å². The van der Waals surface area contributed by atoms with Gasteiger partial charge in [0.05, 0.1) is 6.10 Å². The lowest BCUT2D eigenvalue weighted by Gasteiger charge is -2.09. The maximum Gasteiger partial charge on any atom is 0.165 e. The van der Waals surface area contributed by atoms with Gasteiger partial charge in [-0.15, -0.1) is 0 Å².